The van der Waals surface area contributed by atoms with Crippen molar-refractivity contribution in [3.63, 3.8) is 0 Å². The smallest absolute Gasteiger partial charge is 0.254 e. The zero-order valence-electron chi connectivity index (χ0n) is 17.0. The summed E-state index contributed by atoms with van der Waals surface area (Å²) >= 11 is 0. The second-order valence-electron chi connectivity index (χ2n) is 7.67. The molecule has 0 unspecified atom stereocenters. The summed E-state index contributed by atoms with van der Waals surface area (Å²) in [6.07, 6.45) is 3.47. The third kappa shape index (κ3) is 4.26. The van der Waals surface area contributed by atoms with Crippen LogP contribution in [-0.2, 0) is 0 Å². The summed E-state index contributed by atoms with van der Waals surface area (Å²) in [5.41, 5.74) is 16.2. The van der Waals surface area contributed by atoms with E-state index >= 15 is 0 Å². The lowest BCUT2D eigenvalue weighted by atomic mass is 10.0. The average Bonchev–Trinajstić information content (AvgIpc) is 2.74. The van der Waals surface area contributed by atoms with Gasteiger partial charge in [-0.3, -0.25) is 4.79 Å². The lowest BCUT2D eigenvalue weighted by Gasteiger charge is -2.31. The number of nitrogens with one attached hydrogen (secondary N) is 1. The van der Waals surface area contributed by atoms with E-state index in [1.807, 2.05) is 35.2 Å². The molecule has 7 heteroatoms. The molecule has 1 aliphatic rings. The van der Waals surface area contributed by atoms with Crippen LogP contribution in [0.25, 0.3) is 11.1 Å². The van der Waals surface area contributed by atoms with E-state index in [1.165, 1.54) is 11.8 Å². The van der Waals surface area contributed by atoms with Crippen LogP contribution in [0.5, 0.6) is 0 Å². The maximum absolute atomic E-state index is 12.0. The maximum atomic E-state index is 12.0. The van der Waals surface area contributed by atoms with Gasteiger partial charge in [0.15, 0.2) is 0 Å². The largest absolute Gasteiger partial charge is 0.365 e. The van der Waals surface area contributed by atoms with Gasteiger partial charge in [-0.1, -0.05) is 36.4 Å². The van der Waals surface area contributed by atoms with Gasteiger partial charge >= 0.3 is 0 Å². The van der Waals surface area contributed by atoms with Crippen LogP contribution >= 0.6 is 0 Å². The summed E-state index contributed by atoms with van der Waals surface area (Å²) in [5, 5.41) is 3.26. The zero-order valence-corrected chi connectivity index (χ0v) is 17.0. The number of nitrogens with zero attached hydrogens (tertiary/aromatic N) is 3. The number of hydrogen-bond acceptors (Lipinski definition) is 6. The molecule has 1 aromatic heterocycles. The molecule has 0 aliphatic carbocycles. The number of carbonyl (C=O) groups is 1. The van der Waals surface area contributed by atoms with Gasteiger partial charge in [0.1, 0.15) is 11.4 Å². The number of piperidine rings is 1. The molecule has 1 fully saturated rings. The van der Waals surface area contributed by atoms with Gasteiger partial charge in [-0.15, -0.1) is 0 Å². The first-order valence-electron chi connectivity index (χ1n) is 10.1. The van der Waals surface area contributed by atoms with Crippen molar-refractivity contribution in [3.8, 4) is 11.1 Å². The van der Waals surface area contributed by atoms with Crippen molar-refractivity contribution in [3.05, 3.63) is 65.9 Å². The van der Waals surface area contributed by atoms with Crippen LogP contribution in [-0.4, -0.2) is 35.0 Å². The van der Waals surface area contributed by atoms with Crippen LogP contribution < -0.4 is 21.7 Å². The third-order valence-electron chi connectivity index (χ3n) is 5.36. The number of benzene rings is 2. The van der Waals surface area contributed by atoms with Gasteiger partial charge in [0, 0.05) is 31.0 Å². The highest BCUT2D eigenvalue weighted by Gasteiger charge is 2.21. The van der Waals surface area contributed by atoms with Crippen molar-refractivity contribution in [2.75, 3.05) is 23.3 Å². The molecule has 2 heterocycles. The van der Waals surface area contributed by atoms with E-state index in [4.69, 9.17) is 11.5 Å². The average molecular weight is 403 g/mol. The van der Waals surface area contributed by atoms with E-state index in [-0.39, 0.29) is 11.6 Å². The van der Waals surface area contributed by atoms with Crippen molar-refractivity contribution in [1.82, 2.24) is 9.97 Å². The number of anilines is 3. The van der Waals surface area contributed by atoms with Crippen LogP contribution in [0.2, 0.25) is 0 Å². The van der Waals surface area contributed by atoms with Crippen LogP contribution in [0.1, 0.15) is 28.8 Å². The first-order chi connectivity index (χ1) is 14.5. The van der Waals surface area contributed by atoms with Crippen LogP contribution in [0.15, 0.2) is 54.7 Å². The fourth-order valence-corrected chi connectivity index (χ4v) is 3.79. The van der Waals surface area contributed by atoms with Gasteiger partial charge in [-0.25, -0.2) is 4.98 Å². The Morgan fingerprint density at radius 1 is 1.20 bits per heavy atom. The number of nitrogens with two attached hydrogens (primary N) is 2. The van der Waals surface area contributed by atoms with Crippen molar-refractivity contribution in [2.45, 2.75) is 25.8 Å². The number of primary amides is 1. The van der Waals surface area contributed by atoms with Crippen molar-refractivity contribution >= 4 is 23.4 Å². The molecule has 0 radical (unpaired) electrons. The normalized spacial score (nSPS) is 16.3. The zero-order chi connectivity index (χ0) is 21.1. The Bertz CT molecular complexity index is 1070. The first kappa shape index (κ1) is 19.8. The molecule has 154 valence electrons. The van der Waals surface area contributed by atoms with Crippen molar-refractivity contribution in [2.24, 2.45) is 11.5 Å². The Hall–Kier alpha value is -3.45. The Kier molecular flexibility index (Phi) is 5.63. The molecule has 1 atom stereocenters. The van der Waals surface area contributed by atoms with E-state index in [0.717, 1.165) is 36.2 Å². The SMILES string of the molecule is Cc1ccccc1-c1cccc(Nc2nc(N3CCC[C@H](N)C3)ncc2C(N)=O)c1. The van der Waals surface area contributed by atoms with Gasteiger partial charge in [0.05, 0.1) is 0 Å². The Morgan fingerprint density at radius 3 is 2.80 bits per heavy atom. The molecule has 0 bridgehead atoms. The van der Waals surface area contributed by atoms with Crippen LogP contribution in [0.3, 0.4) is 0 Å². The van der Waals surface area contributed by atoms with E-state index in [1.54, 1.807) is 0 Å². The lowest BCUT2D eigenvalue weighted by molar-refractivity contribution is 0.100. The van der Waals surface area contributed by atoms with E-state index in [0.29, 0.717) is 18.3 Å². The number of rotatable bonds is 5. The summed E-state index contributed by atoms with van der Waals surface area (Å²) in [6.45, 7) is 3.62. The molecule has 1 saturated heterocycles. The summed E-state index contributed by atoms with van der Waals surface area (Å²) in [4.78, 5) is 23.0. The number of carbonyl (C=O) groups excluding carboxylic acids is 1. The molecule has 0 spiro atoms. The van der Waals surface area contributed by atoms with Crippen molar-refractivity contribution < 1.29 is 4.79 Å². The second-order valence-corrected chi connectivity index (χ2v) is 7.67. The minimum absolute atomic E-state index is 0.0976. The Morgan fingerprint density at radius 2 is 2.03 bits per heavy atom. The Balaban J connectivity index is 1.66. The monoisotopic (exact) mass is 402 g/mol. The number of aryl methyl sites for hydroxylation is 1. The third-order valence-corrected chi connectivity index (χ3v) is 5.36. The van der Waals surface area contributed by atoms with Gasteiger partial charge in [-0.05, 0) is 48.6 Å². The number of aromatic nitrogens is 2. The second kappa shape index (κ2) is 8.51. The standard InChI is InChI=1S/C23H26N6O/c1-15-6-2-3-10-19(15)16-7-4-9-18(12-16)27-22-20(21(25)30)13-26-23(28-22)29-11-5-8-17(24)14-29/h2-4,6-7,9-10,12-13,17H,5,8,11,14,24H2,1H3,(H2,25,30)(H,26,27,28)/t17-/m0/s1. The highest BCUT2D eigenvalue weighted by Crippen LogP contribution is 2.28. The molecule has 4 rings (SSSR count). The highest BCUT2D eigenvalue weighted by molar-refractivity contribution is 5.98. The van der Waals surface area contributed by atoms with E-state index in [2.05, 4.69) is 40.4 Å². The first-order valence-corrected chi connectivity index (χ1v) is 10.1. The minimum Gasteiger partial charge on any atom is -0.365 e. The Labute approximate surface area is 176 Å². The molecule has 0 saturated carbocycles. The van der Waals surface area contributed by atoms with E-state index in [9.17, 15) is 4.79 Å². The van der Waals surface area contributed by atoms with Gasteiger partial charge in [0.25, 0.3) is 5.91 Å². The van der Waals surface area contributed by atoms with Gasteiger partial charge in [-0.2, -0.15) is 4.98 Å². The van der Waals surface area contributed by atoms with Gasteiger partial charge < -0.3 is 21.7 Å². The summed E-state index contributed by atoms with van der Waals surface area (Å²) < 4.78 is 0. The summed E-state index contributed by atoms with van der Waals surface area (Å²) in [6, 6.07) is 16.3. The van der Waals surface area contributed by atoms with Gasteiger partial charge in [0.2, 0.25) is 5.95 Å². The molecule has 5 N–H and O–H groups in total. The predicted octanol–water partition coefficient (Wildman–Crippen LogP) is 3.22. The summed E-state index contributed by atoms with van der Waals surface area (Å²) in [7, 11) is 0. The maximum Gasteiger partial charge on any atom is 0.254 e. The molecule has 1 amide bonds. The number of hydrogen-bond donors (Lipinski definition) is 3. The fraction of sp³-hybridized carbons (Fsp3) is 0.261. The quantitative estimate of drug-likeness (QED) is 0.604. The molecule has 30 heavy (non-hydrogen) atoms. The lowest BCUT2D eigenvalue weighted by Crippen LogP contribution is -2.43. The molecule has 3 aromatic rings. The fourth-order valence-electron chi connectivity index (χ4n) is 3.79. The van der Waals surface area contributed by atoms with Crippen LogP contribution in [0, 0.1) is 6.92 Å². The minimum atomic E-state index is -0.575. The number of amides is 1. The van der Waals surface area contributed by atoms with Crippen LogP contribution in [0.4, 0.5) is 17.5 Å². The molecular weight excluding hydrogens is 376 g/mol. The highest BCUT2D eigenvalue weighted by atomic mass is 16.1. The predicted molar refractivity (Wildman–Crippen MR) is 120 cm³/mol. The molecule has 2 aromatic carbocycles. The summed E-state index contributed by atoms with van der Waals surface area (Å²) in [5.74, 6) is 0.371. The molecular formula is C23H26N6O. The van der Waals surface area contributed by atoms with Crippen molar-refractivity contribution in [1.29, 1.82) is 0 Å². The van der Waals surface area contributed by atoms with E-state index < -0.39 is 5.91 Å². The topological polar surface area (TPSA) is 110 Å². The molecule has 7 nitrogen and oxygen atoms in total. The molecule has 1 aliphatic heterocycles.